The van der Waals surface area contributed by atoms with Crippen LogP contribution in [0, 0.1) is 0 Å². The average molecular weight is 318 g/mol. The van der Waals surface area contributed by atoms with E-state index in [2.05, 4.69) is 5.32 Å². The Kier molecular flexibility index (Phi) is 6.44. The lowest BCUT2D eigenvalue weighted by atomic mass is 10.2. The van der Waals surface area contributed by atoms with Crippen molar-refractivity contribution in [2.75, 3.05) is 13.1 Å². The molecule has 0 unspecified atom stereocenters. The van der Waals surface area contributed by atoms with Crippen molar-refractivity contribution < 1.29 is 14.3 Å². The summed E-state index contributed by atoms with van der Waals surface area (Å²) in [5.74, 6) is 0.806. The molecule has 126 valence electrons. The number of carbonyl (C=O) groups is 2. The molecule has 0 saturated carbocycles. The molecule has 23 heavy (non-hydrogen) atoms. The minimum atomic E-state index is -0.109. The van der Waals surface area contributed by atoms with E-state index in [0.717, 1.165) is 30.6 Å². The van der Waals surface area contributed by atoms with Crippen molar-refractivity contribution in [2.45, 2.75) is 52.2 Å². The van der Waals surface area contributed by atoms with Gasteiger partial charge in [0, 0.05) is 19.5 Å². The predicted molar refractivity (Wildman–Crippen MR) is 89.1 cm³/mol. The van der Waals surface area contributed by atoms with Crippen LogP contribution < -0.4 is 10.1 Å². The van der Waals surface area contributed by atoms with Crippen LogP contribution in [-0.4, -0.2) is 35.9 Å². The highest BCUT2D eigenvalue weighted by Gasteiger charge is 2.18. The van der Waals surface area contributed by atoms with E-state index in [9.17, 15) is 9.59 Å². The molecule has 1 saturated heterocycles. The van der Waals surface area contributed by atoms with Crippen molar-refractivity contribution >= 4 is 11.8 Å². The van der Waals surface area contributed by atoms with E-state index in [4.69, 9.17) is 4.74 Å². The molecule has 0 radical (unpaired) electrons. The molecule has 0 bridgehead atoms. The topological polar surface area (TPSA) is 58.6 Å². The van der Waals surface area contributed by atoms with Crippen LogP contribution in [0.4, 0.5) is 0 Å². The zero-order valence-electron chi connectivity index (χ0n) is 14.0. The van der Waals surface area contributed by atoms with E-state index in [1.807, 2.05) is 38.1 Å². The first kappa shape index (κ1) is 17.3. The lowest BCUT2D eigenvalue weighted by Crippen LogP contribution is -2.40. The van der Waals surface area contributed by atoms with Gasteiger partial charge in [-0.05, 0) is 44.4 Å². The summed E-state index contributed by atoms with van der Waals surface area (Å²) in [5, 5.41) is 2.87. The van der Waals surface area contributed by atoms with Gasteiger partial charge in [0.05, 0.1) is 12.6 Å². The van der Waals surface area contributed by atoms with Crippen molar-refractivity contribution in [3.63, 3.8) is 0 Å². The van der Waals surface area contributed by atoms with Gasteiger partial charge in [-0.15, -0.1) is 0 Å². The van der Waals surface area contributed by atoms with Crippen LogP contribution in [0.3, 0.4) is 0 Å². The number of rotatable bonds is 6. The highest BCUT2D eigenvalue weighted by atomic mass is 16.5. The summed E-state index contributed by atoms with van der Waals surface area (Å²) in [6.07, 6.45) is 3.68. The maximum atomic E-state index is 12.0. The molecule has 1 aliphatic heterocycles. The Balaban J connectivity index is 1.78. The van der Waals surface area contributed by atoms with Crippen LogP contribution in [0.1, 0.15) is 45.1 Å². The van der Waals surface area contributed by atoms with Crippen molar-refractivity contribution in [1.29, 1.82) is 0 Å². The first-order valence-corrected chi connectivity index (χ1v) is 8.34. The Morgan fingerprint density at radius 3 is 2.65 bits per heavy atom. The fraction of sp³-hybridized carbons (Fsp3) is 0.556. The van der Waals surface area contributed by atoms with Crippen molar-refractivity contribution in [3.8, 4) is 5.75 Å². The molecule has 2 amide bonds. The van der Waals surface area contributed by atoms with Gasteiger partial charge in [-0.2, -0.15) is 0 Å². The molecule has 1 N–H and O–H groups in total. The zero-order chi connectivity index (χ0) is 16.7. The lowest BCUT2D eigenvalue weighted by Gasteiger charge is -2.19. The second-order valence-electron chi connectivity index (χ2n) is 6.21. The number of nitrogens with one attached hydrogen (secondary N) is 1. The van der Waals surface area contributed by atoms with Gasteiger partial charge in [0.2, 0.25) is 11.8 Å². The van der Waals surface area contributed by atoms with Gasteiger partial charge in [-0.25, -0.2) is 0 Å². The Morgan fingerprint density at radius 2 is 1.96 bits per heavy atom. The monoisotopic (exact) mass is 318 g/mol. The molecule has 0 spiro atoms. The Hall–Kier alpha value is -2.04. The molecule has 0 atom stereocenters. The van der Waals surface area contributed by atoms with Gasteiger partial charge in [-0.1, -0.05) is 18.6 Å². The molecule has 5 heteroatoms. The smallest absolute Gasteiger partial charge is 0.239 e. The quantitative estimate of drug-likeness (QED) is 0.876. The number of likely N-dealkylation sites (tertiary alicyclic amines) is 1. The maximum absolute atomic E-state index is 12.0. The fourth-order valence-corrected chi connectivity index (χ4v) is 2.59. The normalized spacial score (nSPS) is 15.4. The first-order valence-electron chi connectivity index (χ1n) is 8.34. The number of amides is 2. The van der Waals surface area contributed by atoms with Crippen LogP contribution >= 0.6 is 0 Å². The van der Waals surface area contributed by atoms with Gasteiger partial charge >= 0.3 is 0 Å². The first-order chi connectivity index (χ1) is 11.0. The third kappa shape index (κ3) is 5.93. The third-order valence-electron chi connectivity index (χ3n) is 3.79. The van der Waals surface area contributed by atoms with Crippen LogP contribution in [0.25, 0.3) is 0 Å². The van der Waals surface area contributed by atoms with Crippen LogP contribution in [-0.2, 0) is 16.1 Å². The Morgan fingerprint density at radius 1 is 1.22 bits per heavy atom. The molecular weight excluding hydrogens is 292 g/mol. The number of benzene rings is 1. The van der Waals surface area contributed by atoms with Crippen LogP contribution in [0.2, 0.25) is 0 Å². The molecule has 1 fully saturated rings. The van der Waals surface area contributed by atoms with Gasteiger partial charge in [0.25, 0.3) is 0 Å². The second kappa shape index (κ2) is 8.56. The predicted octanol–water partition coefficient (Wildman–Crippen LogP) is 2.49. The van der Waals surface area contributed by atoms with Crippen LogP contribution in [0.5, 0.6) is 5.75 Å². The standard InChI is InChI=1S/C18H26N2O3/c1-14(2)23-16-9-7-15(8-10-16)12-19-17(21)13-20-11-5-3-4-6-18(20)22/h7-10,14H,3-6,11-13H2,1-2H3,(H,19,21). The highest BCUT2D eigenvalue weighted by Crippen LogP contribution is 2.14. The molecular formula is C18H26N2O3. The van der Waals surface area contributed by atoms with Crippen molar-refractivity contribution in [1.82, 2.24) is 10.2 Å². The van der Waals surface area contributed by atoms with Gasteiger partial charge in [-0.3, -0.25) is 9.59 Å². The Labute approximate surface area is 138 Å². The number of carbonyl (C=O) groups excluding carboxylic acids is 2. The third-order valence-corrected chi connectivity index (χ3v) is 3.79. The molecule has 2 rings (SSSR count). The van der Waals surface area contributed by atoms with E-state index < -0.39 is 0 Å². The van der Waals surface area contributed by atoms with E-state index in [-0.39, 0.29) is 24.5 Å². The average Bonchev–Trinajstić information content (AvgIpc) is 2.71. The fourth-order valence-electron chi connectivity index (χ4n) is 2.59. The zero-order valence-corrected chi connectivity index (χ0v) is 14.0. The molecule has 1 aromatic rings. The number of ether oxygens (including phenoxy) is 1. The number of hydrogen-bond acceptors (Lipinski definition) is 3. The largest absolute Gasteiger partial charge is 0.491 e. The number of hydrogen-bond donors (Lipinski definition) is 1. The van der Waals surface area contributed by atoms with Gasteiger partial charge < -0.3 is 15.0 Å². The van der Waals surface area contributed by atoms with Crippen LogP contribution in [0.15, 0.2) is 24.3 Å². The summed E-state index contributed by atoms with van der Waals surface area (Å²) in [7, 11) is 0. The van der Waals surface area contributed by atoms with E-state index in [1.165, 1.54) is 0 Å². The minimum Gasteiger partial charge on any atom is -0.491 e. The molecule has 5 nitrogen and oxygen atoms in total. The minimum absolute atomic E-state index is 0.0906. The lowest BCUT2D eigenvalue weighted by molar-refractivity contribution is -0.135. The van der Waals surface area contributed by atoms with Gasteiger partial charge in [0.15, 0.2) is 0 Å². The summed E-state index contributed by atoms with van der Waals surface area (Å²) in [6, 6.07) is 7.68. The molecule has 1 aromatic carbocycles. The maximum Gasteiger partial charge on any atom is 0.239 e. The highest BCUT2D eigenvalue weighted by molar-refractivity contribution is 5.84. The van der Waals surface area contributed by atoms with Crippen molar-refractivity contribution in [2.24, 2.45) is 0 Å². The van der Waals surface area contributed by atoms with E-state index in [0.29, 0.717) is 19.5 Å². The molecule has 0 aliphatic carbocycles. The van der Waals surface area contributed by atoms with Gasteiger partial charge in [0.1, 0.15) is 5.75 Å². The van der Waals surface area contributed by atoms with Crippen molar-refractivity contribution in [3.05, 3.63) is 29.8 Å². The molecule has 1 heterocycles. The molecule has 0 aromatic heterocycles. The summed E-state index contributed by atoms with van der Waals surface area (Å²) in [6.45, 7) is 5.28. The van der Waals surface area contributed by atoms with E-state index in [1.54, 1.807) is 4.90 Å². The number of nitrogens with zero attached hydrogens (tertiary/aromatic N) is 1. The summed E-state index contributed by atoms with van der Waals surface area (Å²) < 4.78 is 5.59. The Bertz CT molecular complexity index is 526. The molecule has 1 aliphatic rings. The second-order valence-corrected chi connectivity index (χ2v) is 6.21. The SMILES string of the molecule is CC(C)Oc1ccc(CNC(=O)CN2CCCCCC2=O)cc1. The van der Waals surface area contributed by atoms with E-state index >= 15 is 0 Å². The summed E-state index contributed by atoms with van der Waals surface area (Å²) in [5.41, 5.74) is 1.01. The summed E-state index contributed by atoms with van der Waals surface area (Å²) >= 11 is 0. The summed E-state index contributed by atoms with van der Waals surface area (Å²) in [4.78, 5) is 25.6.